The lowest BCUT2D eigenvalue weighted by molar-refractivity contribution is 0.0191. The number of aliphatic imine (C=N–C) groups is 1. The maximum absolute atomic E-state index is 13.3. The molecule has 0 radical (unpaired) electrons. The summed E-state index contributed by atoms with van der Waals surface area (Å²) in [5, 5.41) is 18.7. The van der Waals surface area contributed by atoms with E-state index < -0.39 is 6.10 Å². The maximum atomic E-state index is 13.3. The Hall–Kier alpha value is -2.79. The van der Waals surface area contributed by atoms with Crippen molar-refractivity contribution in [1.82, 2.24) is 4.90 Å². The van der Waals surface area contributed by atoms with Gasteiger partial charge < -0.3 is 20.4 Å². The van der Waals surface area contributed by atoms with E-state index in [1.165, 1.54) is 16.7 Å². The Morgan fingerprint density at radius 2 is 1.91 bits per heavy atom. The number of hydrogen-bond acceptors (Lipinski definition) is 4. The van der Waals surface area contributed by atoms with Gasteiger partial charge in [-0.25, -0.2) is 0 Å². The van der Waals surface area contributed by atoms with Crippen molar-refractivity contribution in [2.45, 2.75) is 71.1 Å². The van der Waals surface area contributed by atoms with Gasteiger partial charge in [-0.1, -0.05) is 37.1 Å². The van der Waals surface area contributed by atoms with Gasteiger partial charge in [-0.3, -0.25) is 4.79 Å². The summed E-state index contributed by atoms with van der Waals surface area (Å²) in [4.78, 5) is 19.2. The van der Waals surface area contributed by atoms with Crippen molar-refractivity contribution in [2.24, 2.45) is 4.99 Å². The molecule has 0 spiro atoms. The van der Waals surface area contributed by atoms with Crippen LogP contribution in [0.1, 0.15) is 75.8 Å². The van der Waals surface area contributed by atoms with E-state index in [1.807, 2.05) is 17.0 Å². The molecule has 2 aromatic carbocycles. The molecule has 4 rings (SSSR count). The van der Waals surface area contributed by atoms with E-state index in [0.717, 1.165) is 54.4 Å². The summed E-state index contributed by atoms with van der Waals surface area (Å²) in [5.41, 5.74) is 8.15. The first-order valence-corrected chi connectivity index (χ1v) is 11.6. The molecule has 32 heavy (non-hydrogen) atoms. The number of aliphatic hydroxyl groups excluding tert-OH is 1. The van der Waals surface area contributed by atoms with Gasteiger partial charge in [-0.15, -0.1) is 0 Å². The highest BCUT2D eigenvalue weighted by Crippen LogP contribution is 2.35. The Morgan fingerprint density at radius 3 is 2.59 bits per heavy atom. The summed E-state index contributed by atoms with van der Waals surface area (Å²) in [5.74, 6) is 0.0664. The van der Waals surface area contributed by atoms with Gasteiger partial charge in [0.15, 0.2) is 0 Å². The molecule has 1 aliphatic carbocycles. The zero-order chi connectivity index (χ0) is 22.8. The minimum Gasteiger partial charge on any atom is -0.391 e. The van der Waals surface area contributed by atoms with Crippen molar-refractivity contribution < 1.29 is 9.90 Å². The van der Waals surface area contributed by atoms with Crippen LogP contribution >= 0.6 is 0 Å². The van der Waals surface area contributed by atoms with Crippen LogP contribution in [0.2, 0.25) is 0 Å². The van der Waals surface area contributed by atoms with Crippen molar-refractivity contribution in [3.63, 3.8) is 0 Å². The molecule has 5 heteroatoms. The Labute approximate surface area is 190 Å². The fraction of sp³-hybridized carbons (Fsp3) is 0.444. The van der Waals surface area contributed by atoms with Gasteiger partial charge >= 0.3 is 0 Å². The Morgan fingerprint density at radius 1 is 1.19 bits per heavy atom. The van der Waals surface area contributed by atoms with E-state index in [2.05, 4.69) is 37.0 Å². The molecule has 1 saturated carbocycles. The van der Waals surface area contributed by atoms with Gasteiger partial charge in [0, 0.05) is 37.5 Å². The van der Waals surface area contributed by atoms with Crippen LogP contribution < -0.4 is 0 Å². The van der Waals surface area contributed by atoms with Crippen LogP contribution in [0, 0.1) is 19.3 Å². The number of fused-ring (bicyclic) bond motifs is 1. The third-order valence-corrected chi connectivity index (χ3v) is 7.23. The number of nitrogens with one attached hydrogen (secondary N) is 1. The minimum atomic E-state index is -0.413. The average Bonchev–Trinajstić information content (AvgIpc) is 3.12. The Kier molecular flexibility index (Phi) is 6.56. The molecule has 2 atom stereocenters. The molecule has 5 nitrogen and oxygen atoms in total. The molecular weight excluding hydrogens is 398 g/mol. The second kappa shape index (κ2) is 9.37. The van der Waals surface area contributed by atoms with Crippen LogP contribution in [-0.4, -0.2) is 47.0 Å². The monoisotopic (exact) mass is 431 g/mol. The molecule has 1 aliphatic heterocycles. The Bertz CT molecular complexity index is 1060. The highest BCUT2D eigenvalue weighted by Gasteiger charge is 2.38. The van der Waals surface area contributed by atoms with Crippen LogP contribution in [0.3, 0.4) is 0 Å². The van der Waals surface area contributed by atoms with E-state index in [1.54, 1.807) is 13.3 Å². The van der Waals surface area contributed by atoms with E-state index in [-0.39, 0.29) is 11.9 Å². The van der Waals surface area contributed by atoms with E-state index in [9.17, 15) is 9.90 Å². The van der Waals surface area contributed by atoms with Crippen LogP contribution in [0.15, 0.2) is 35.3 Å². The van der Waals surface area contributed by atoms with E-state index in [0.29, 0.717) is 18.7 Å². The normalized spacial score (nSPS) is 20.8. The lowest BCUT2D eigenvalue weighted by Crippen LogP contribution is -2.45. The molecule has 1 amide bonds. The van der Waals surface area contributed by atoms with Crippen LogP contribution in [0.25, 0.3) is 0 Å². The third kappa shape index (κ3) is 4.26. The highest BCUT2D eigenvalue weighted by molar-refractivity contribution is 6.05. The summed E-state index contributed by atoms with van der Waals surface area (Å²) >= 11 is 0. The van der Waals surface area contributed by atoms with Gasteiger partial charge in [0.25, 0.3) is 5.91 Å². The fourth-order valence-electron chi connectivity index (χ4n) is 5.08. The van der Waals surface area contributed by atoms with Crippen molar-refractivity contribution in [3.8, 4) is 0 Å². The Balaban J connectivity index is 1.56. The predicted molar refractivity (Wildman–Crippen MR) is 129 cm³/mol. The number of carbonyl (C=O) groups excluding carboxylic acids is 1. The molecule has 2 aliphatic rings. The number of aliphatic hydroxyl groups is 1. The summed E-state index contributed by atoms with van der Waals surface area (Å²) in [7, 11) is 1.72. The lowest BCUT2D eigenvalue weighted by atomic mass is 9.91. The van der Waals surface area contributed by atoms with E-state index >= 15 is 0 Å². The third-order valence-electron chi connectivity index (χ3n) is 7.23. The van der Waals surface area contributed by atoms with Crippen LogP contribution in [0.4, 0.5) is 0 Å². The number of rotatable bonds is 6. The molecule has 0 saturated heterocycles. The predicted octanol–water partition coefficient (Wildman–Crippen LogP) is 4.61. The molecular formula is C27H33N3O2. The zero-order valence-corrected chi connectivity index (χ0v) is 19.3. The summed E-state index contributed by atoms with van der Waals surface area (Å²) < 4.78 is 0. The SMILES string of the molecule is CN=CCC(=N)c1ccc(Cc2cc3c(c(C)c2C)CN(C2CCCCC2O)C3=O)cc1. The van der Waals surface area contributed by atoms with Crippen LogP contribution in [0.5, 0.6) is 0 Å². The number of nitrogens with zero attached hydrogens (tertiary/aromatic N) is 2. The molecule has 1 heterocycles. The molecule has 2 aromatic rings. The van der Waals surface area contributed by atoms with Crippen molar-refractivity contribution in [1.29, 1.82) is 5.41 Å². The van der Waals surface area contributed by atoms with Crippen molar-refractivity contribution >= 4 is 17.8 Å². The van der Waals surface area contributed by atoms with E-state index in [4.69, 9.17) is 5.41 Å². The second-order valence-corrected chi connectivity index (χ2v) is 9.16. The molecule has 0 bridgehead atoms. The molecule has 2 N–H and O–H groups in total. The lowest BCUT2D eigenvalue weighted by Gasteiger charge is -2.35. The standard InChI is InChI=1S/C27H33N3O2/c1-17-18(2)23-16-30(25-6-4-5-7-26(25)31)27(32)22(23)15-21(17)14-19-8-10-20(11-9-19)24(28)12-13-29-3/h8-11,13,15,25-26,28,31H,4-7,12,14,16H2,1-3H3. The summed E-state index contributed by atoms with van der Waals surface area (Å²) in [6.07, 6.45) is 6.41. The highest BCUT2D eigenvalue weighted by atomic mass is 16.3. The first-order chi connectivity index (χ1) is 15.4. The topological polar surface area (TPSA) is 76.8 Å². The first-order valence-electron chi connectivity index (χ1n) is 11.6. The quantitative estimate of drug-likeness (QED) is 0.655. The number of amides is 1. The molecule has 168 valence electrons. The van der Waals surface area contributed by atoms with Crippen molar-refractivity contribution in [2.75, 3.05) is 7.05 Å². The second-order valence-electron chi connectivity index (χ2n) is 9.16. The zero-order valence-electron chi connectivity index (χ0n) is 19.3. The summed E-state index contributed by atoms with van der Waals surface area (Å²) in [6.45, 7) is 4.87. The molecule has 0 aromatic heterocycles. The minimum absolute atomic E-state index is 0.0626. The largest absolute Gasteiger partial charge is 0.391 e. The van der Waals surface area contributed by atoms with Gasteiger partial charge in [0.2, 0.25) is 0 Å². The average molecular weight is 432 g/mol. The summed E-state index contributed by atoms with van der Waals surface area (Å²) in [6, 6.07) is 10.1. The van der Waals surface area contributed by atoms with Crippen LogP contribution in [-0.2, 0) is 13.0 Å². The number of carbonyl (C=O) groups is 1. The molecule has 1 fully saturated rings. The van der Waals surface area contributed by atoms with Gasteiger partial charge in [-0.05, 0) is 72.6 Å². The van der Waals surface area contributed by atoms with Crippen molar-refractivity contribution in [3.05, 3.63) is 69.3 Å². The molecule has 2 unspecified atom stereocenters. The smallest absolute Gasteiger partial charge is 0.254 e. The fourth-order valence-corrected chi connectivity index (χ4v) is 5.08. The maximum Gasteiger partial charge on any atom is 0.254 e. The number of benzene rings is 2. The van der Waals surface area contributed by atoms with Gasteiger partial charge in [0.05, 0.1) is 12.1 Å². The number of hydrogen-bond donors (Lipinski definition) is 2. The van der Waals surface area contributed by atoms with Gasteiger partial charge in [0.1, 0.15) is 0 Å². The van der Waals surface area contributed by atoms with Gasteiger partial charge in [-0.2, -0.15) is 0 Å². The first kappa shape index (κ1) is 22.4.